The molecule has 0 bridgehead atoms. The van der Waals surface area contributed by atoms with Gasteiger partial charge in [0.2, 0.25) is 15.9 Å². The van der Waals surface area contributed by atoms with Crippen molar-refractivity contribution in [1.29, 1.82) is 0 Å². The smallest absolute Gasteiger partial charge is 0.247 e. The van der Waals surface area contributed by atoms with Crippen molar-refractivity contribution >= 4 is 44.7 Å². The number of halogens is 1. The zero-order chi connectivity index (χ0) is 21.1. The monoisotopic (exact) mass is 424 g/mol. The minimum absolute atomic E-state index is 0.148. The lowest BCUT2D eigenvalue weighted by Gasteiger charge is -2.29. The van der Waals surface area contributed by atoms with E-state index >= 15 is 0 Å². The molecule has 7 nitrogen and oxygen atoms in total. The Morgan fingerprint density at radius 2 is 1.86 bits per heavy atom. The van der Waals surface area contributed by atoms with Crippen LogP contribution in [0.15, 0.2) is 42.5 Å². The summed E-state index contributed by atoms with van der Waals surface area (Å²) in [6.07, 6.45) is 0.994. The molecule has 1 amide bonds. The van der Waals surface area contributed by atoms with Crippen molar-refractivity contribution in [2.45, 2.75) is 19.9 Å². The number of nitrogens with one attached hydrogen (secondary N) is 1. The molecule has 150 valence electrons. The number of carbonyl (C=O) groups is 2. The van der Waals surface area contributed by atoms with Gasteiger partial charge in [-0.1, -0.05) is 23.7 Å². The number of hydrogen-bond donors (Lipinski definition) is 1. The van der Waals surface area contributed by atoms with Crippen LogP contribution in [0, 0.1) is 0 Å². The van der Waals surface area contributed by atoms with E-state index in [0.29, 0.717) is 16.3 Å². The van der Waals surface area contributed by atoms with Crippen molar-refractivity contribution in [1.82, 2.24) is 0 Å². The second-order valence-electron chi connectivity index (χ2n) is 6.18. The lowest BCUT2D eigenvalue weighted by molar-refractivity contribution is -0.116. The molecule has 2 aromatic carbocycles. The van der Waals surface area contributed by atoms with Gasteiger partial charge < -0.3 is 10.1 Å². The van der Waals surface area contributed by atoms with Crippen molar-refractivity contribution in [3.63, 3.8) is 0 Å². The second kappa shape index (κ2) is 8.62. The molecule has 1 N–H and O–H groups in total. The number of nitrogens with zero attached hydrogens (tertiary/aromatic N) is 1. The molecular weight excluding hydrogens is 404 g/mol. The molecule has 0 fully saturated rings. The highest BCUT2D eigenvalue weighted by atomic mass is 35.5. The van der Waals surface area contributed by atoms with Gasteiger partial charge >= 0.3 is 0 Å². The Morgan fingerprint density at radius 1 is 1.18 bits per heavy atom. The Labute approximate surface area is 169 Å². The number of methoxy groups -OCH3 is 1. The van der Waals surface area contributed by atoms with Gasteiger partial charge in [0.25, 0.3) is 0 Å². The summed E-state index contributed by atoms with van der Waals surface area (Å²) in [6, 6.07) is 9.79. The summed E-state index contributed by atoms with van der Waals surface area (Å²) in [7, 11) is -2.45. The van der Waals surface area contributed by atoms with E-state index < -0.39 is 22.0 Å². The normalized spacial score (nSPS) is 12.2. The van der Waals surface area contributed by atoms with E-state index in [1.807, 2.05) is 0 Å². The molecule has 0 saturated carbocycles. The molecule has 2 aromatic rings. The lowest BCUT2D eigenvalue weighted by atomic mass is 10.1. The molecule has 28 heavy (non-hydrogen) atoms. The van der Waals surface area contributed by atoms with Gasteiger partial charge in [-0.2, -0.15) is 0 Å². The molecule has 0 aliphatic carbocycles. The van der Waals surface area contributed by atoms with Crippen LogP contribution in [0.5, 0.6) is 5.75 Å². The quantitative estimate of drug-likeness (QED) is 0.688. The SMILES string of the molecule is COc1ccc(Cl)cc1N([C@@H](C)C(=O)Nc1cccc(C(C)=O)c1)S(C)(=O)=O. The average Bonchev–Trinajstić information content (AvgIpc) is 2.61. The van der Waals surface area contributed by atoms with Gasteiger partial charge in [0.15, 0.2) is 5.78 Å². The fourth-order valence-corrected chi connectivity index (χ4v) is 4.02. The van der Waals surface area contributed by atoms with E-state index in [0.717, 1.165) is 10.6 Å². The number of ether oxygens (including phenoxy) is 1. The number of anilines is 2. The van der Waals surface area contributed by atoms with Gasteiger partial charge in [0.05, 0.1) is 19.1 Å². The van der Waals surface area contributed by atoms with Crippen LogP contribution >= 0.6 is 11.6 Å². The summed E-state index contributed by atoms with van der Waals surface area (Å²) < 4.78 is 31.1. The Bertz CT molecular complexity index is 1010. The van der Waals surface area contributed by atoms with Crippen molar-refractivity contribution in [3.05, 3.63) is 53.1 Å². The molecule has 9 heteroatoms. The van der Waals surface area contributed by atoms with Gasteiger partial charge in [-0.3, -0.25) is 13.9 Å². The largest absolute Gasteiger partial charge is 0.495 e. The first kappa shape index (κ1) is 21.7. The van der Waals surface area contributed by atoms with E-state index in [1.54, 1.807) is 24.3 Å². The van der Waals surface area contributed by atoms with Crippen LogP contribution in [0.25, 0.3) is 0 Å². The Kier molecular flexibility index (Phi) is 6.69. The van der Waals surface area contributed by atoms with E-state index in [1.165, 1.54) is 39.2 Å². The van der Waals surface area contributed by atoms with Crippen LogP contribution in [0.3, 0.4) is 0 Å². The Balaban J connectivity index is 2.40. The van der Waals surface area contributed by atoms with Gasteiger partial charge in [0.1, 0.15) is 11.8 Å². The zero-order valence-electron chi connectivity index (χ0n) is 15.9. The highest BCUT2D eigenvalue weighted by Gasteiger charge is 2.31. The number of Topliss-reactive ketones (excluding diaryl/α,β-unsaturated/α-hetero) is 1. The number of amides is 1. The fraction of sp³-hybridized carbons (Fsp3) is 0.263. The third kappa shape index (κ3) is 5.02. The third-order valence-corrected chi connectivity index (χ3v) is 5.47. The summed E-state index contributed by atoms with van der Waals surface area (Å²) >= 11 is 6.02. The first-order valence-corrected chi connectivity index (χ1v) is 10.5. The number of sulfonamides is 1. The topological polar surface area (TPSA) is 92.8 Å². The predicted octanol–water partition coefficient (Wildman–Crippen LogP) is 3.34. The van der Waals surface area contributed by atoms with Crippen molar-refractivity contribution < 1.29 is 22.7 Å². The number of rotatable bonds is 7. The zero-order valence-corrected chi connectivity index (χ0v) is 17.5. The predicted molar refractivity (Wildman–Crippen MR) is 110 cm³/mol. The van der Waals surface area contributed by atoms with Crippen LogP contribution in [-0.4, -0.2) is 39.5 Å². The molecule has 2 rings (SSSR count). The van der Waals surface area contributed by atoms with Gasteiger partial charge in [-0.05, 0) is 44.2 Å². The average molecular weight is 425 g/mol. The maximum atomic E-state index is 12.8. The summed E-state index contributed by atoms with van der Waals surface area (Å²) in [5.74, 6) is -0.466. The van der Waals surface area contributed by atoms with Gasteiger partial charge in [-0.15, -0.1) is 0 Å². The van der Waals surface area contributed by atoms with Crippen LogP contribution < -0.4 is 14.4 Å². The first-order valence-electron chi connectivity index (χ1n) is 8.29. The minimum Gasteiger partial charge on any atom is -0.495 e. The van der Waals surface area contributed by atoms with Gasteiger partial charge in [-0.25, -0.2) is 8.42 Å². The van der Waals surface area contributed by atoms with Gasteiger partial charge in [0, 0.05) is 16.3 Å². The summed E-state index contributed by atoms with van der Waals surface area (Å²) in [5, 5.41) is 2.94. The molecule has 0 radical (unpaired) electrons. The lowest BCUT2D eigenvalue weighted by Crippen LogP contribution is -2.45. The van der Waals surface area contributed by atoms with Crippen LogP contribution in [0.4, 0.5) is 11.4 Å². The molecule has 0 aliphatic rings. The maximum Gasteiger partial charge on any atom is 0.247 e. The number of ketones is 1. The van der Waals surface area contributed by atoms with Crippen LogP contribution in [0.2, 0.25) is 5.02 Å². The highest BCUT2D eigenvalue weighted by molar-refractivity contribution is 7.92. The van der Waals surface area contributed by atoms with E-state index in [4.69, 9.17) is 16.3 Å². The molecule has 0 aromatic heterocycles. The van der Waals surface area contributed by atoms with Crippen molar-refractivity contribution in [2.75, 3.05) is 23.0 Å². The number of hydrogen-bond acceptors (Lipinski definition) is 5. The summed E-state index contributed by atoms with van der Waals surface area (Å²) in [4.78, 5) is 24.3. The van der Waals surface area contributed by atoms with Crippen LogP contribution in [0.1, 0.15) is 24.2 Å². The van der Waals surface area contributed by atoms with E-state index in [9.17, 15) is 18.0 Å². The first-order chi connectivity index (χ1) is 13.0. The maximum absolute atomic E-state index is 12.8. The molecule has 0 aliphatic heterocycles. The molecule has 0 spiro atoms. The number of benzene rings is 2. The van der Waals surface area contributed by atoms with E-state index in [-0.39, 0.29) is 17.2 Å². The molecular formula is C19H21ClN2O5S. The minimum atomic E-state index is -3.85. The third-order valence-electron chi connectivity index (χ3n) is 4.00. The van der Waals surface area contributed by atoms with Crippen LogP contribution in [-0.2, 0) is 14.8 Å². The standard InChI is InChI=1S/C19H21ClN2O5S/c1-12(19(24)21-16-7-5-6-14(10-16)13(2)23)22(28(4,25)26)17-11-15(20)8-9-18(17)27-3/h5-12H,1-4H3,(H,21,24)/t12-/m0/s1. The second-order valence-corrected chi connectivity index (χ2v) is 8.47. The Morgan fingerprint density at radius 3 is 2.43 bits per heavy atom. The molecule has 0 heterocycles. The fourth-order valence-electron chi connectivity index (χ4n) is 2.68. The Hall–Kier alpha value is -2.58. The summed E-state index contributed by atoms with van der Waals surface area (Å²) in [5.41, 5.74) is 0.968. The highest BCUT2D eigenvalue weighted by Crippen LogP contribution is 2.34. The number of carbonyl (C=O) groups excluding carboxylic acids is 2. The van der Waals surface area contributed by atoms with Crippen molar-refractivity contribution in [3.8, 4) is 5.75 Å². The molecule has 0 saturated heterocycles. The van der Waals surface area contributed by atoms with Crippen molar-refractivity contribution in [2.24, 2.45) is 0 Å². The molecule has 1 atom stereocenters. The summed E-state index contributed by atoms with van der Waals surface area (Å²) in [6.45, 7) is 2.87. The molecule has 0 unspecified atom stereocenters. The van der Waals surface area contributed by atoms with E-state index in [2.05, 4.69) is 5.32 Å².